The molecule has 0 saturated carbocycles. The molecule has 0 aromatic heterocycles. The molecule has 0 spiro atoms. The third-order valence-corrected chi connectivity index (χ3v) is 3.34. The van der Waals surface area contributed by atoms with Crippen molar-refractivity contribution in [3.63, 3.8) is 0 Å². The van der Waals surface area contributed by atoms with Gasteiger partial charge in [-0.25, -0.2) is 0 Å². The van der Waals surface area contributed by atoms with Gasteiger partial charge in [-0.2, -0.15) is 0 Å². The average Bonchev–Trinajstić information content (AvgIpc) is 2.46. The van der Waals surface area contributed by atoms with Gasteiger partial charge in [0.25, 0.3) is 0 Å². The van der Waals surface area contributed by atoms with E-state index in [0.29, 0.717) is 0 Å². The van der Waals surface area contributed by atoms with E-state index in [9.17, 15) is 0 Å². The Labute approximate surface area is 126 Å². The lowest BCUT2D eigenvalue weighted by Gasteiger charge is -2.18. The predicted octanol–water partition coefficient (Wildman–Crippen LogP) is 5.86. The molecule has 0 rings (SSSR count). The van der Waals surface area contributed by atoms with Gasteiger partial charge in [0.15, 0.2) is 6.29 Å². The molecule has 0 aliphatic rings. The van der Waals surface area contributed by atoms with Gasteiger partial charge < -0.3 is 9.47 Å². The molecule has 0 N–H and O–H groups in total. The van der Waals surface area contributed by atoms with Crippen LogP contribution in [0.5, 0.6) is 0 Å². The van der Waals surface area contributed by atoms with Crippen LogP contribution in [0.1, 0.15) is 85.0 Å². The zero-order chi connectivity index (χ0) is 14.9. The van der Waals surface area contributed by atoms with E-state index in [4.69, 9.17) is 9.47 Å². The predicted molar refractivity (Wildman–Crippen MR) is 88.0 cm³/mol. The van der Waals surface area contributed by atoms with E-state index >= 15 is 0 Å². The van der Waals surface area contributed by atoms with Crippen LogP contribution in [-0.4, -0.2) is 19.5 Å². The van der Waals surface area contributed by atoms with Crippen molar-refractivity contribution >= 4 is 0 Å². The van der Waals surface area contributed by atoms with E-state index in [-0.39, 0.29) is 6.29 Å². The molecule has 0 heterocycles. The molecule has 0 aliphatic heterocycles. The largest absolute Gasteiger partial charge is 0.353 e. The molecule has 0 aliphatic carbocycles. The average molecular weight is 284 g/mol. The Bertz CT molecular complexity index is 202. The van der Waals surface area contributed by atoms with Gasteiger partial charge in [0.1, 0.15) is 0 Å². The van der Waals surface area contributed by atoms with Crippen molar-refractivity contribution in [2.45, 2.75) is 91.3 Å². The number of hydrogen-bond acceptors (Lipinski definition) is 2. The molecule has 20 heavy (non-hydrogen) atoms. The summed E-state index contributed by atoms with van der Waals surface area (Å²) in [6.07, 6.45) is 16.3. The van der Waals surface area contributed by atoms with Crippen LogP contribution in [0.4, 0.5) is 0 Å². The van der Waals surface area contributed by atoms with Gasteiger partial charge in [-0.1, -0.05) is 65.0 Å². The Kier molecular flexibility index (Phi) is 16.4. The molecule has 2 heteroatoms. The third kappa shape index (κ3) is 14.1. The van der Waals surface area contributed by atoms with E-state index in [1.165, 1.54) is 38.5 Å². The van der Waals surface area contributed by atoms with Crippen LogP contribution in [0.15, 0.2) is 12.2 Å². The molecular weight excluding hydrogens is 248 g/mol. The fourth-order valence-electron chi connectivity index (χ4n) is 2.07. The minimum atomic E-state index is 0.0122. The fourth-order valence-corrected chi connectivity index (χ4v) is 2.07. The molecule has 0 aromatic carbocycles. The first-order chi connectivity index (χ1) is 9.85. The Morgan fingerprint density at radius 1 is 0.750 bits per heavy atom. The summed E-state index contributed by atoms with van der Waals surface area (Å²) in [5.41, 5.74) is 0. The van der Waals surface area contributed by atoms with Crippen molar-refractivity contribution in [2.24, 2.45) is 0 Å². The molecule has 0 radical (unpaired) electrons. The van der Waals surface area contributed by atoms with Crippen LogP contribution in [0.2, 0.25) is 0 Å². The monoisotopic (exact) mass is 284 g/mol. The molecular formula is C18H36O2. The minimum Gasteiger partial charge on any atom is -0.353 e. The summed E-state index contributed by atoms with van der Waals surface area (Å²) in [4.78, 5) is 0. The van der Waals surface area contributed by atoms with Gasteiger partial charge in [-0.05, 0) is 32.1 Å². The third-order valence-electron chi connectivity index (χ3n) is 3.34. The van der Waals surface area contributed by atoms with Crippen molar-refractivity contribution in [2.75, 3.05) is 13.2 Å². The van der Waals surface area contributed by atoms with E-state index in [1.807, 2.05) is 0 Å². The van der Waals surface area contributed by atoms with Crippen LogP contribution in [0, 0.1) is 0 Å². The summed E-state index contributed by atoms with van der Waals surface area (Å²) in [5, 5.41) is 0. The van der Waals surface area contributed by atoms with Gasteiger partial charge in [0, 0.05) is 6.61 Å². The Morgan fingerprint density at radius 2 is 1.45 bits per heavy atom. The minimum absolute atomic E-state index is 0.0122. The van der Waals surface area contributed by atoms with Gasteiger partial charge in [0.05, 0.1) is 6.61 Å². The zero-order valence-electron chi connectivity index (χ0n) is 14.0. The van der Waals surface area contributed by atoms with Crippen LogP contribution >= 0.6 is 0 Å². The van der Waals surface area contributed by atoms with Crippen LogP contribution < -0.4 is 0 Å². The first-order valence-electron chi connectivity index (χ1n) is 8.73. The highest BCUT2D eigenvalue weighted by Crippen LogP contribution is 2.10. The van der Waals surface area contributed by atoms with Crippen molar-refractivity contribution < 1.29 is 9.47 Å². The molecule has 0 bridgehead atoms. The maximum atomic E-state index is 5.90. The van der Waals surface area contributed by atoms with Crippen molar-refractivity contribution in [1.29, 1.82) is 0 Å². The molecule has 120 valence electrons. The summed E-state index contributed by atoms with van der Waals surface area (Å²) in [5.74, 6) is 0. The fraction of sp³-hybridized carbons (Fsp3) is 0.889. The Balaban J connectivity index is 3.72. The lowest BCUT2D eigenvalue weighted by molar-refractivity contribution is -0.146. The molecule has 1 atom stereocenters. The number of unbranched alkanes of at least 4 members (excludes halogenated alkanes) is 5. The highest BCUT2D eigenvalue weighted by atomic mass is 16.7. The van der Waals surface area contributed by atoms with Crippen molar-refractivity contribution in [3.05, 3.63) is 12.2 Å². The first kappa shape index (κ1) is 19.7. The number of hydrogen-bond donors (Lipinski definition) is 0. The van der Waals surface area contributed by atoms with E-state index in [1.54, 1.807) is 0 Å². The number of rotatable bonds is 15. The van der Waals surface area contributed by atoms with Crippen molar-refractivity contribution in [3.8, 4) is 0 Å². The molecule has 0 aromatic rings. The van der Waals surface area contributed by atoms with Gasteiger partial charge in [-0.15, -0.1) is 0 Å². The molecule has 2 nitrogen and oxygen atoms in total. The summed E-state index contributed by atoms with van der Waals surface area (Å²) >= 11 is 0. The molecule has 0 amide bonds. The highest BCUT2D eigenvalue weighted by molar-refractivity contribution is 4.79. The standard InChI is InChI=1S/C18H36O2/c1-4-7-10-13-16-19-18(15-12-9-6-3)20-17-14-11-8-5-2/h7,10,18H,4-6,8-9,11-17H2,1-3H3/b10-7-. The summed E-state index contributed by atoms with van der Waals surface area (Å²) < 4.78 is 11.8. The summed E-state index contributed by atoms with van der Waals surface area (Å²) in [7, 11) is 0. The second-order valence-corrected chi connectivity index (χ2v) is 5.40. The first-order valence-corrected chi connectivity index (χ1v) is 8.73. The van der Waals surface area contributed by atoms with E-state index in [0.717, 1.165) is 38.9 Å². The number of allylic oxidation sites excluding steroid dienone is 1. The maximum Gasteiger partial charge on any atom is 0.157 e. The molecule has 0 fully saturated rings. The van der Waals surface area contributed by atoms with Crippen LogP contribution in [0.25, 0.3) is 0 Å². The van der Waals surface area contributed by atoms with Crippen LogP contribution in [0.3, 0.4) is 0 Å². The second kappa shape index (κ2) is 16.7. The van der Waals surface area contributed by atoms with Gasteiger partial charge in [0.2, 0.25) is 0 Å². The Morgan fingerprint density at radius 3 is 2.15 bits per heavy atom. The quantitative estimate of drug-likeness (QED) is 0.213. The zero-order valence-corrected chi connectivity index (χ0v) is 14.0. The van der Waals surface area contributed by atoms with Gasteiger partial charge >= 0.3 is 0 Å². The molecule has 1 unspecified atom stereocenters. The Hall–Kier alpha value is -0.340. The topological polar surface area (TPSA) is 18.5 Å². The van der Waals surface area contributed by atoms with Gasteiger partial charge in [-0.3, -0.25) is 0 Å². The second-order valence-electron chi connectivity index (χ2n) is 5.40. The van der Waals surface area contributed by atoms with E-state index < -0.39 is 0 Å². The normalized spacial score (nSPS) is 13.2. The van der Waals surface area contributed by atoms with Crippen molar-refractivity contribution in [1.82, 2.24) is 0 Å². The lowest BCUT2D eigenvalue weighted by Crippen LogP contribution is -2.18. The maximum absolute atomic E-state index is 5.90. The molecule has 0 saturated heterocycles. The SMILES string of the molecule is CC/C=C\CCOC(CCCCC)OCCCCCC. The lowest BCUT2D eigenvalue weighted by atomic mass is 10.2. The smallest absolute Gasteiger partial charge is 0.157 e. The number of ether oxygens (including phenoxy) is 2. The van der Waals surface area contributed by atoms with Crippen LogP contribution in [-0.2, 0) is 9.47 Å². The highest BCUT2D eigenvalue weighted by Gasteiger charge is 2.08. The summed E-state index contributed by atoms with van der Waals surface area (Å²) in [6, 6.07) is 0. The summed E-state index contributed by atoms with van der Waals surface area (Å²) in [6.45, 7) is 8.26. The van der Waals surface area contributed by atoms with E-state index in [2.05, 4.69) is 32.9 Å².